The molecular formula is C10H18N2. The Morgan fingerprint density at radius 1 is 1.50 bits per heavy atom. The molecule has 0 saturated heterocycles. The summed E-state index contributed by atoms with van der Waals surface area (Å²) in [5.41, 5.74) is 2.79. The minimum Gasteiger partial charge on any atom is -0.275 e. The third-order valence-corrected chi connectivity index (χ3v) is 2.63. The van der Waals surface area contributed by atoms with Gasteiger partial charge in [0.05, 0.1) is 5.69 Å². The quantitative estimate of drug-likeness (QED) is 0.659. The molecule has 0 aromatic carbocycles. The molecule has 0 unspecified atom stereocenters. The fourth-order valence-electron chi connectivity index (χ4n) is 1.45. The van der Waals surface area contributed by atoms with Crippen LogP contribution in [0.15, 0.2) is 6.20 Å². The second-order valence-electron chi connectivity index (χ2n) is 4.04. The van der Waals surface area contributed by atoms with Crippen LogP contribution in [-0.2, 0) is 12.5 Å². The maximum atomic E-state index is 4.34. The Morgan fingerprint density at radius 2 is 2.08 bits per heavy atom. The van der Waals surface area contributed by atoms with Crippen LogP contribution in [-0.4, -0.2) is 9.78 Å². The van der Waals surface area contributed by atoms with Crippen molar-refractivity contribution in [3.63, 3.8) is 0 Å². The minimum atomic E-state index is 0.262. The molecule has 0 aliphatic carbocycles. The monoisotopic (exact) mass is 166 g/mol. The van der Waals surface area contributed by atoms with E-state index < -0.39 is 0 Å². The Balaban J connectivity index is 3.09. The van der Waals surface area contributed by atoms with Gasteiger partial charge in [0.2, 0.25) is 0 Å². The van der Waals surface area contributed by atoms with Crippen LogP contribution in [0.3, 0.4) is 0 Å². The maximum Gasteiger partial charge on any atom is 0.0630 e. The van der Waals surface area contributed by atoms with E-state index in [4.69, 9.17) is 0 Å². The molecule has 1 heterocycles. The lowest BCUT2D eigenvalue weighted by atomic mass is 9.83. The van der Waals surface area contributed by atoms with E-state index in [1.807, 2.05) is 11.7 Å². The minimum absolute atomic E-state index is 0.262. The second-order valence-corrected chi connectivity index (χ2v) is 4.04. The van der Waals surface area contributed by atoms with Crippen LogP contribution in [0.25, 0.3) is 0 Å². The van der Waals surface area contributed by atoms with Gasteiger partial charge in [-0.25, -0.2) is 0 Å². The molecule has 1 rings (SSSR count). The van der Waals surface area contributed by atoms with Gasteiger partial charge in [0.1, 0.15) is 0 Å². The molecule has 0 radical (unpaired) electrons. The fraction of sp³-hybridized carbons (Fsp3) is 0.700. The molecule has 2 heteroatoms. The first-order chi connectivity index (χ1) is 5.47. The average Bonchev–Trinajstić information content (AvgIpc) is 2.31. The van der Waals surface area contributed by atoms with Gasteiger partial charge in [0.15, 0.2) is 0 Å². The fourth-order valence-corrected chi connectivity index (χ4v) is 1.45. The third kappa shape index (κ3) is 1.52. The van der Waals surface area contributed by atoms with Crippen molar-refractivity contribution in [2.45, 2.75) is 39.5 Å². The molecule has 0 amide bonds. The number of hydrogen-bond donors (Lipinski definition) is 0. The second kappa shape index (κ2) is 2.92. The first-order valence-electron chi connectivity index (χ1n) is 4.48. The Labute approximate surface area is 74.6 Å². The van der Waals surface area contributed by atoms with Crippen LogP contribution in [0, 0.1) is 6.92 Å². The summed E-state index contributed by atoms with van der Waals surface area (Å²) in [5.74, 6) is 0. The molecule has 0 spiro atoms. The van der Waals surface area contributed by atoms with E-state index in [9.17, 15) is 0 Å². The van der Waals surface area contributed by atoms with Gasteiger partial charge in [0, 0.05) is 13.2 Å². The highest BCUT2D eigenvalue weighted by atomic mass is 15.2. The Bertz CT molecular complexity index is 271. The SMILES string of the molecule is CCC(C)(C)c1cn(C)nc1C. The number of hydrogen-bond acceptors (Lipinski definition) is 1. The Morgan fingerprint density at radius 3 is 2.42 bits per heavy atom. The van der Waals surface area contributed by atoms with Crippen molar-refractivity contribution >= 4 is 0 Å². The van der Waals surface area contributed by atoms with Gasteiger partial charge in [-0.3, -0.25) is 4.68 Å². The number of aromatic nitrogens is 2. The molecule has 0 fully saturated rings. The molecular weight excluding hydrogens is 148 g/mol. The molecule has 12 heavy (non-hydrogen) atoms. The van der Waals surface area contributed by atoms with E-state index in [2.05, 4.69) is 39.0 Å². The molecule has 0 N–H and O–H groups in total. The van der Waals surface area contributed by atoms with Gasteiger partial charge in [-0.2, -0.15) is 5.10 Å². The van der Waals surface area contributed by atoms with Crippen LogP contribution in [0.1, 0.15) is 38.4 Å². The van der Waals surface area contributed by atoms with Gasteiger partial charge in [-0.15, -0.1) is 0 Å². The van der Waals surface area contributed by atoms with Crippen molar-refractivity contribution in [1.29, 1.82) is 0 Å². The average molecular weight is 166 g/mol. The predicted molar refractivity (Wildman–Crippen MR) is 51.3 cm³/mol. The molecule has 0 atom stereocenters. The van der Waals surface area contributed by atoms with Crippen molar-refractivity contribution in [2.24, 2.45) is 7.05 Å². The summed E-state index contributed by atoms with van der Waals surface area (Å²) in [4.78, 5) is 0. The van der Waals surface area contributed by atoms with Gasteiger partial charge < -0.3 is 0 Å². The van der Waals surface area contributed by atoms with Crippen molar-refractivity contribution < 1.29 is 0 Å². The molecule has 1 aromatic rings. The molecule has 0 aliphatic heterocycles. The summed E-state index contributed by atoms with van der Waals surface area (Å²) in [6.07, 6.45) is 3.28. The molecule has 2 nitrogen and oxygen atoms in total. The van der Waals surface area contributed by atoms with Gasteiger partial charge in [0.25, 0.3) is 0 Å². The summed E-state index contributed by atoms with van der Waals surface area (Å²) >= 11 is 0. The smallest absolute Gasteiger partial charge is 0.0630 e. The van der Waals surface area contributed by atoms with Gasteiger partial charge in [-0.05, 0) is 24.3 Å². The van der Waals surface area contributed by atoms with E-state index in [0.717, 1.165) is 12.1 Å². The van der Waals surface area contributed by atoms with Crippen LogP contribution in [0.5, 0.6) is 0 Å². The molecule has 68 valence electrons. The Hall–Kier alpha value is -0.790. The highest BCUT2D eigenvalue weighted by molar-refractivity contribution is 5.24. The Kier molecular flexibility index (Phi) is 2.27. The molecule has 0 aliphatic rings. The number of aryl methyl sites for hydroxylation is 2. The highest BCUT2D eigenvalue weighted by Gasteiger charge is 2.21. The van der Waals surface area contributed by atoms with E-state index in [-0.39, 0.29) is 5.41 Å². The molecule has 0 bridgehead atoms. The molecule has 1 aromatic heterocycles. The van der Waals surface area contributed by atoms with E-state index in [1.165, 1.54) is 5.56 Å². The lowest BCUT2D eigenvalue weighted by Crippen LogP contribution is -2.15. The summed E-state index contributed by atoms with van der Waals surface area (Å²) in [6, 6.07) is 0. The standard InChI is InChI=1S/C10H18N2/c1-6-10(3,4)9-7-12(5)11-8(9)2/h7H,6H2,1-5H3. The zero-order valence-corrected chi connectivity index (χ0v) is 8.68. The number of rotatable bonds is 2. The van der Waals surface area contributed by atoms with Crippen molar-refractivity contribution in [3.8, 4) is 0 Å². The zero-order valence-electron chi connectivity index (χ0n) is 8.68. The topological polar surface area (TPSA) is 17.8 Å². The van der Waals surface area contributed by atoms with Crippen LogP contribution < -0.4 is 0 Å². The number of nitrogens with zero attached hydrogens (tertiary/aromatic N) is 2. The maximum absolute atomic E-state index is 4.34. The lowest BCUT2D eigenvalue weighted by Gasteiger charge is -2.21. The largest absolute Gasteiger partial charge is 0.275 e. The first-order valence-corrected chi connectivity index (χ1v) is 4.48. The van der Waals surface area contributed by atoms with Crippen molar-refractivity contribution in [3.05, 3.63) is 17.5 Å². The summed E-state index contributed by atoms with van der Waals surface area (Å²) in [6.45, 7) is 8.81. The third-order valence-electron chi connectivity index (χ3n) is 2.63. The summed E-state index contributed by atoms with van der Waals surface area (Å²) in [7, 11) is 1.97. The first kappa shape index (κ1) is 9.30. The summed E-state index contributed by atoms with van der Waals surface area (Å²) in [5, 5.41) is 4.34. The van der Waals surface area contributed by atoms with Crippen molar-refractivity contribution in [2.75, 3.05) is 0 Å². The van der Waals surface area contributed by atoms with Crippen LogP contribution >= 0.6 is 0 Å². The van der Waals surface area contributed by atoms with Gasteiger partial charge in [-0.1, -0.05) is 20.8 Å². The lowest BCUT2D eigenvalue weighted by molar-refractivity contribution is 0.503. The summed E-state index contributed by atoms with van der Waals surface area (Å²) < 4.78 is 1.89. The van der Waals surface area contributed by atoms with Crippen LogP contribution in [0.2, 0.25) is 0 Å². The highest BCUT2D eigenvalue weighted by Crippen LogP contribution is 2.28. The van der Waals surface area contributed by atoms with Crippen molar-refractivity contribution in [1.82, 2.24) is 9.78 Å². The predicted octanol–water partition coefficient (Wildman–Crippen LogP) is 2.42. The van der Waals surface area contributed by atoms with Crippen LogP contribution in [0.4, 0.5) is 0 Å². The van der Waals surface area contributed by atoms with E-state index in [1.54, 1.807) is 0 Å². The van der Waals surface area contributed by atoms with Gasteiger partial charge >= 0.3 is 0 Å². The molecule has 0 saturated carbocycles. The normalized spacial score (nSPS) is 12.1. The van der Waals surface area contributed by atoms with E-state index in [0.29, 0.717) is 0 Å². The zero-order chi connectivity index (χ0) is 9.35. The van der Waals surface area contributed by atoms with E-state index >= 15 is 0 Å².